The lowest BCUT2D eigenvalue weighted by Gasteiger charge is -2.32. The number of benzene rings is 2. The van der Waals surface area contributed by atoms with Gasteiger partial charge >= 0.3 is 12.4 Å². The standard InChI is InChI=1S/C29H27F7N4O3S/c1-2-23(42-19-7-8-20(21(30)13-19)26-38-24(15-41)43-39-26)25-22(14-40-11-9-18(10-12-40)29(34,35)36)37-27(44-25)16-3-5-17(6-4-16)28(31,32)33/h3-8,13,15,18,23-24H,2,9-12,14H2,1H3,(H,38,39)/t23-,24?/m1/s1. The van der Waals surface area contributed by atoms with E-state index in [-0.39, 0.29) is 49.6 Å². The van der Waals surface area contributed by atoms with E-state index in [1.165, 1.54) is 35.6 Å². The number of hydrogen-bond donors (Lipinski definition) is 1. The highest BCUT2D eigenvalue weighted by atomic mass is 32.1. The molecule has 5 rings (SSSR count). The summed E-state index contributed by atoms with van der Waals surface area (Å²) in [6, 6.07) is 8.63. The number of alkyl halides is 6. The maximum absolute atomic E-state index is 15.0. The third kappa shape index (κ3) is 7.21. The molecule has 0 amide bonds. The van der Waals surface area contributed by atoms with Gasteiger partial charge in [0.25, 0.3) is 0 Å². The van der Waals surface area contributed by atoms with Crippen LogP contribution in [0.25, 0.3) is 10.6 Å². The number of nitrogens with zero attached hydrogens (tertiary/aromatic N) is 3. The predicted molar refractivity (Wildman–Crippen MR) is 147 cm³/mol. The maximum Gasteiger partial charge on any atom is 0.416 e. The van der Waals surface area contributed by atoms with Gasteiger partial charge in [0.2, 0.25) is 6.23 Å². The van der Waals surface area contributed by atoms with E-state index in [9.17, 15) is 31.1 Å². The minimum absolute atomic E-state index is 0.0402. The van der Waals surface area contributed by atoms with Crippen LogP contribution in [-0.4, -0.2) is 47.5 Å². The molecule has 3 aromatic rings. The van der Waals surface area contributed by atoms with Crippen molar-refractivity contribution in [1.82, 2.24) is 15.4 Å². The van der Waals surface area contributed by atoms with Gasteiger partial charge in [0.05, 0.1) is 27.6 Å². The summed E-state index contributed by atoms with van der Waals surface area (Å²) in [5.41, 5.74) is 2.62. The summed E-state index contributed by atoms with van der Waals surface area (Å²) < 4.78 is 100. The van der Waals surface area contributed by atoms with Gasteiger partial charge in [-0.3, -0.25) is 9.69 Å². The Kier molecular flexibility index (Phi) is 9.28. The zero-order valence-electron chi connectivity index (χ0n) is 23.2. The number of aldehydes is 1. The summed E-state index contributed by atoms with van der Waals surface area (Å²) in [7, 11) is 0. The Morgan fingerprint density at radius 2 is 1.82 bits per heavy atom. The average molecular weight is 645 g/mol. The van der Waals surface area contributed by atoms with Gasteiger partial charge in [-0.05, 0) is 56.6 Å². The van der Waals surface area contributed by atoms with E-state index in [4.69, 9.17) is 14.6 Å². The van der Waals surface area contributed by atoms with Crippen molar-refractivity contribution < 1.29 is 45.1 Å². The van der Waals surface area contributed by atoms with E-state index in [0.717, 1.165) is 18.2 Å². The highest BCUT2D eigenvalue weighted by Crippen LogP contribution is 2.39. The molecule has 0 saturated carbocycles. The number of carbonyl (C=O) groups excluding carboxylic acids is 1. The minimum atomic E-state index is -4.50. The molecule has 0 aliphatic carbocycles. The SMILES string of the molecule is CC[C@@H](Oc1ccc(C2=NC(C=O)ON2)c(F)c1)c1sc(-c2ccc(C(F)(F)F)cc2)nc1CN1CCC(C(F)(F)F)CC1. The van der Waals surface area contributed by atoms with Crippen molar-refractivity contribution in [2.24, 2.45) is 10.9 Å². The Hall–Kier alpha value is -3.56. The number of thiazole rings is 1. The molecule has 1 aromatic heterocycles. The van der Waals surface area contributed by atoms with E-state index in [0.29, 0.717) is 33.8 Å². The number of carbonyl (C=O) groups is 1. The smallest absolute Gasteiger partial charge is 0.416 e. The van der Waals surface area contributed by atoms with Crippen LogP contribution in [0.3, 0.4) is 0 Å². The van der Waals surface area contributed by atoms with Gasteiger partial charge in [-0.1, -0.05) is 19.1 Å². The molecule has 15 heteroatoms. The topological polar surface area (TPSA) is 76.0 Å². The molecule has 44 heavy (non-hydrogen) atoms. The van der Waals surface area contributed by atoms with E-state index < -0.39 is 42.0 Å². The van der Waals surface area contributed by atoms with Crippen LogP contribution in [0.4, 0.5) is 30.7 Å². The highest BCUT2D eigenvalue weighted by Gasteiger charge is 2.41. The summed E-state index contributed by atoms with van der Waals surface area (Å²) in [6.07, 6.45) is -9.74. The van der Waals surface area contributed by atoms with Crippen LogP contribution in [0.15, 0.2) is 47.5 Å². The molecule has 0 radical (unpaired) electrons. The third-order valence-electron chi connectivity index (χ3n) is 7.40. The molecule has 1 fully saturated rings. The lowest BCUT2D eigenvalue weighted by molar-refractivity contribution is -0.185. The number of aliphatic imine (C=N–C) groups is 1. The van der Waals surface area contributed by atoms with Gasteiger partial charge in [-0.25, -0.2) is 24.7 Å². The molecule has 236 valence electrons. The lowest BCUT2D eigenvalue weighted by Crippen LogP contribution is -2.38. The van der Waals surface area contributed by atoms with Crippen LogP contribution in [0.1, 0.15) is 54.0 Å². The molecular weight excluding hydrogens is 617 g/mol. The van der Waals surface area contributed by atoms with Gasteiger partial charge < -0.3 is 4.74 Å². The Balaban J connectivity index is 1.41. The van der Waals surface area contributed by atoms with Crippen LogP contribution in [0.2, 0.25) is 0 Å². The van der Waals surface area contributed by atoms with Crippen molar-refractivity contribution in [3.63, 3.8) is 0 Å². The van der Waals surface area contributed by atoms with Crippen LogP contribution >= 0.6 is 11.3 Å². The maximum atomic E-state index is 15.0. The fourth-order valence-electron chi connectivity index (χ4n) is 5.01. The van der Waals surface area contributed by atoms with Gasteiger partial charge in [-0.15, -0.1) is 11.3 Å². The van der Waals surface area contributed by atoms with Crippen molar-refractivity contribution >= 4 is 23.5 Å². The van der Waals surface area contributed by atoms with Gasteiger partial charge in [0.15, 0.2) is 12.1 Å². The molecule has 1 unspecified atom stereocenters. The van der Waals surface area contributed by atoms with Crippen LogP contribution in [0.5, 0.6) is 5.75 Å². The normalized spacial score (nSPS) is 19.0. The van der Waals surface area contributed by atoms with E-state index in [1.807, 2.05) is 11.8 Å². The molecule has 2 aromatic carbocycles. The van der Waals surface area contributed by atoms with E-state index >= 15 is 4.39 Å². The fraction of sp³-hybridized carbons (Fsp3) is 0.414. The summed E-state index contributed by atoms with van der Waals surface area (Å²) in [5, 5.41) is 0.424. The molecular formula is C29H27F7N4O3S. The highest BCUT2D eigenvalue weighted by molar-refractivity contribution is 7.15. The number of aromatic nitrogens is 1. The first-order chi connectivity index (χ1) is 20.9. The molecule has 1 saturated heterocycles. The Labute approximate surface area is 251 Å². The van der Waals surface area contributed by atoms with E-state index in [1.54, 1.807) is 0 Å². The number of likely N-dealkylation sites (tertiary alicyclic amines) is 1. The summed E-state index contributed by atoms with van der Waals surface area (Å²) >= 11 is 1.21. The lowest BCUT2D eigenvalue weighted by atomic mass is 9.96. The quantitative estimate of drug-likeness (QED) is 0.198. The second kappa shape index (κ2) is 12.8. The zero-order valence-corrected chi connectivity index (χ0v) is 24.0. The summed E-state index contributed by atoms with van der Waals surface area (Å²) in [5.74, 6) is -1.85. The number of hydroxylamine groups is 1. The minimum Gasteiger partial charge on any atom is -0.485 e. The first-order valence-electron chi connectivity index (χ1n) is 13.7. The largest absolute Gasteiger partial charge is 0.485 e. The first kappa shape index (κ1) is 31.9. The van der Waals surface area contributed by atoms with Gasteiger partial charge in [0, 0.05) is 18.2 Å². The number of ether oxygens (including phenoxy) is 1. The Bertz CT molecular complexity index is 1500. The molecule has 1 N–H and O–H groups in total. The average Bonchev–Trinajstić information content (AvgIpc) is 3.63. The molecule has 0 spiro atoms. The molecule has 2 atom stereocenters. The summed E-state index contributed by atoms with van der Waals surface area (Å²) in [6.45, 7) is 2.45. The third-order valence-corrected chi connectivity index (χ3v) is 8.64. The molecule has 3 heterocycles. The van der Waals surface area contributed by atoms with Crippen molar-refractivity contribution in [1.29, 1.82) is 0 Å². The van der Waals surface area contributed by atoms with Crippen molar-refractivity contribution in [3.05, 3.63) is 70.0 Å². The zero-order chi connectivity index (χ0) is 31.6. The van der Waals surface area contributed by atoms with Crippen LogP contribution < -0.4 is 10.2 Å². The van der Waals surface area contributed by atoms with Crippen molar-refractivity contribution in [3.8, 4) is 16.3 Å². The fourth-order valence-corrected chi connectivity index (χ4v) is 6.20. The van der Waals surface area contributed by atoms with Gasteiger partial charge in [-0.2, -0.15) is 26.3 Å². The second-order valence-corrected chi connectivity index (χ2v) is 11.4. The molecule has 2 aliphatic rings. The van der Waals surface area contributed by atoms with Crippen LogP contribution in [-0.2, 0) is 22.4 Å². The monoisotopic (exact) mass is 644 g/mol. The number of nitrogens with one attached hydrogen (secondary N) is 1. The Morgan fingerprint density at radius 3 is 2.39 bits per heavy atom. The number of halogens is 7. The van der Waals surface area contributed by atoms with Crippen molar-refractivity contribution in [2.75, 3.05) is 13.1 Å². The van der Waals surface area contributed by atoms with Gasteiger partial charge in [0.1, 0.15) is 22.7 Å². The second-order valence-electron chi connectivity index (χ2n) is 10.4. The molecule has 2 aliphatic heterocycles. The number of amidine groups is 1. The number of hydrogen-bond acceptors (Lipinski definition) is 8. The van der Waals surface area contributed by atoms with Crippen molar-refractivity contribution in [2.45, 2.75) is 57.4 Å². The Morgan fingerprint density at radius 1 is 1.11 bits per heavy atom. The summed E-state index contributed by atoms with van der Waals surface area (Å²) in [4.78, 5) is 26.9. The number of rotatable bonds is 9. The molecule has 0 bridgehead atoms. The number of piperidine rings is 1. The predicted octanol–water partition coefficient (Wildman–Crippen LogP) is 7.08. The first-order valence-corrected chi connectivity index (χ1v) is 14.5. The van der Waals surface area contributed by atoms with E-state index in [2.05, 4.69) is 10.5 Å². The molecule has 7 nitrogen and oxygen atoms in total. The van der Waals surface area contributed by atoms with Crippen LogP contribution in [0, 0.1) is 11.7 Å².